The first-order valence-corrected chi connectivity index (χ1v) is 10.6. The van der Waals surface area contributed by atoms with E-state index in [2.05, 4.69) is 43.1 Å². The number of rotatable bonds is 5. The van der Waals surface area contributed by atoms with E-state index in [0.717, 1.165) is 30.5 Å². The first-order valence-electron chi connectivity index (χ1n) is 9.79. The van der Waals surface area contributed by atoms with Gasteiger partial charge in [0.25, 0.3) is 0 Å². The van der Waals surface area contributed by atoms with Gasteiger partial charge in [-0.25, -0.2) is 0 Å². The van der Waals surface area contributed by atoms with Gasteiger partial charge in [0.05, 0.1) is 16.1 Å². The average Bonchev–Trinajstić information content (AvgIpc) is 3.41. The molecular formula is C19H23N7S. The van der Waals surface area contributed by atoms with Crippen molar-refractivity contribution in [3.63, 3.8) is 0 Å². The summed E-state index contributed by atoms with van der Waals surface area (Å²) in [7, 11) is 0. The molecule has 2 atom stereocenters. The first-order chi connectivity index (χ1) is 13.2. The second-order valence-corrected chi connectivity index (χ2v) is 9.95. The predicted molar refractivity (Wildman–Crippen MR) is 102 cm³/mol. The Morgan fingerprint density at radius 3 is 2.81 bits per heavy atom. The smallest absolute Gasteiger partial charge is 0.162 e. The second kappa shape index (κ2) is 5.72. The molecule has 27 heavy (non-hydrogen) atoms. The van der Waals surface area contributed by atoms with Gasteiger partial charge in [-0.2, -0.15) is 9.90 Å². The number of thiophene rings is 1. The number of tetrazole rings is 1. The second-order valence-electron chi connectivity index (χ2n) is 8.78. The summed E-state index contributed by atoms with van der Waals surface area (Å²) in [5.41, 5.74) is 1.39. The Kier molecular flexibility index (Phi) is 3.38. The van der Waals surface area contributed by atoms with Gasteiger partial charge in [-0.3, -0.25) is 5.10 Å². The van der Waals surface area contributed by atoms with Crippen molar-refractivity contribution < 1.29 is 0 Å². The van der Waals surface area contributed by atoms with E-state index < -0.39 is 0 Å². The minimum atomic E-state index is 0.0735. The number of hydrogen-bond donors (Lipinski definition) is 2. The number of nitrogens with one attached hydrogen (secondary N) is 2. The molecule has 4 aliphatic rings. The molecule has 4 fully saturated rings. The van der Waals surface area contributed by atoms with E-state index in [1.54, 1.807) is 12.5 Å². The van der Waals surface area contributed by atoms with Gasteiger partial charge in [-0.15, -0.1) is 21.5 Å². The van der Waals surface area contributed by atoms with Crippen LogP contribution in [0.1, 0.15) is 43.4 Å². The van der Waals surface area contributed by atoms with E-state index in [1.807, 2.05) is 22.2 Å². The maximum atomic E-state index is 4.45. The van der Waals surface area contributed by atoms with Crippen LogP contribution >= 0.6 is 11.3 Å². The largest absolute Gasteiger partial charge is 0.306 e. The van der Waals surface area contributed by atoms with Crippen LogP contribution < -0.4 is 5.32 Å². The summed E-state index contributed by atoms with van der Waals surface area (Å²) in [5, 5.41) is 23.9. The standard InChI is InChI=1S/C19H23N7S/c1-2-17(16-3-4-21-24-16)27-15(1)10-20-18-6-13-5-14(7-18)9-19(8-13,11-18)26-23-12-22-25-26/h1-4,12-14,20H,5-11H2,(H,21,24). The maximum absolute atomic E-state index is 4.45. The van der Waals surface area contributed by atoms with Gasteiger partial charge in [-0.05, 0) is 73.8 Å². The van der Waals surface area contributed by atoms with E-state index in [1.165, 1.54) is 41.9 Å². The van der Waals surface area contributed by atoms with Gasteiger partial charge in [0, 0.05) is 23.2 Å². The van der Waals surface area contributed by atoms with Gasteiger partial charge >= 0.3 is 0 Å². The van der Waals surface area contributed by atoms with E-state index in [0.29, 0.717) is 0 Å². The number of nitrogens with zero attached hydrogens (tertiary/aromatic N) is 5. The molecule has 0 amide bonds. The van der Waals surface area contributed by atoms with Gasteiger partial charge in [0.1, 0.15) is 0 Å². The number of hydrogen-bond acceptors (Lipinski definition) is 6. The Morgan fingerprint density at radius 1 is 1.19 bits per heavy atom. The van der Waals surface area contributed by atoms with E-state index in [4.69, 9.17) is 0 Å². The van der Waals surface area contributed by atoms with E-state index in [9.17, 15) is 0 Å². The number of aromatic amines is 1. The highest BCUT2D eigenvalue weighted by atomic mass is 32.1. The molecule has 3 heterocycles. The number of H-pyrrole nitrogens is 1. The molecule has 0 aromatic carbocycles. The lowest BCUT2D eigenvalue weighted by Gasteiger charge is -2.61. The molecule has 0 spiro atoms. The van der Waals surface area contributed by atoms with Crippen molar-refractivity contribution in [3.8, 4) is 10.6 Å². The Hall–Kier alpha value is -2.06. The van der Waals surface area contributed by atoms with Gasteiger partial charge in [0.2, 0.25) is 0 Å². The summed E-state index contributed by atoms with van der Waals surface area (Å²) in [6, 6.07) is 6.45. The summed E-state index contributed by atoms with van der Waals surface area (Å²) in [6.07, 6.45) is 10.9. The lowest BCUT2D eigenvalue weighted by molar-refractivity contribution is -0.0853. The van der Waals surface area contributed by atoms with Crippen LogP contribution in [0.2, 0.25) is 0 Å². The normalized spacial score (nSPS) is 34.4. The van der Waals surface area contributed by atoms with Crippen LogP contribution in [0.25, 0.3) is 10.6 Å². The third-order valence-corrected chi connectivity index (χ3v) is 7.99. The van der Waals surface area contributed by atoms with Gasteiger partial charge in [0.15, 0.2) is 6.33 Å². The monoisotopic (exact) mass is 381 g/mol. The summed E-state index contributed by atoms with van der Waals surface area (Å²) in [5.74, 6) is 1.57. The molecular weight excluding hydrogens is 358 g/mol. The van der Waals surface area contributed by atoms with Crippen LogP contribution in [-0.2, 0) is 12.1 Å². The summed E-state index contributed by atoms with van der Waals surface area (Å²) in [6.45, 7) is 0.930. The fraction of sp³-hybridized carbons (Fsp3) is 0.579. The van der Waals surface area contributed by atoms with Gasteiger partial charge < -0.3 is 5.32 Å². The molecule has 7 nitrogen and oxygen atoms in total. The highest BCUT2D eigenvalue weighted by molar-refractivity contribution is 7.15. The van der Waals surface area contributed by atoms with Crippen LogP contribution in [0.15, 0.2) is 30.7 Å². The van der Waals surface area contributed by atoms with Crippen molar-refractivity contribution in [3.05, 3.63) is 35.6 Å². The van der Waals surface area contributed by atoms with Crippen LogP contribution in [-0.4, -0.2) is 35.9 Å². The van der Waals surface area contributed by atoms with Crippen LogP contribution in [0.4, 0.5) is 0 Å². The SMILES string of the molecule is c1cc(-c2ccc(CNC34CC5CC(C3)CC(n3ncnn3)(C5)C4)s2)[nH]n1. The topological polar surface area (TPSA) is 84.3 Å². The highest BCUT2D eigenvalue weighted by Crippen LogP contribution is 2.60. The molecule has 0 aliphatic heterocycles. The molecule has 2 N–H and O–H groups in total. The van der Waals surface area contributed by atoms with Crippen LogP contribution in [0.3, 0.4) is 0 Å². The zero-order chi connectivity index (χ0) is 17.9. The highest BCUT2D eigenvalue weighted by Gasteiger charge is 2.59. The lowest BCUT2D eigenvalue weighted by atomic mass is 9.50. The first kappa shape index (κ1) is 15.9. The van der Waals surface area contributed by atoms with Gasteiger partial charge in [-0.1, -0.05) is 0 Å². The molecule has 0 saturated heterocycles. The minimum Gasteiger partial charge on any atom is -0.306 e. The van der Waals surface area contributed by atoms with Crippen molar-refractivity contribution in [1.29, 1.82) is 0 Å². The molecule has 8 heteroatoms. The fourth-order valence-electron chi connectivity index (χ4n) is 6.32. The van der Waals surface area contributed by atoms with Crippen LogP contribution in [0, 0.1) is 11.8 Å². The molecule has 4 bridgehead atoms. The third-order valence-electron chi connectivity index (χ3n) is 6.87. The van der Waals surface area contributed by atoms with Crippen molar-refractivity contribution in [2.24, 2.45) is 11.8 Å². The van der Waals surface area contributed by atoms with Crippen molar-refractivity contribution >= 4 is 11.3 Å². The molecule has 2 unspecified atom stereocenters. The molecule has 140 valence electrons. The minimum absolute atomic E-state index is 0.0735. The van der Waals surface area contributed by atoms with E-state index >= 15 is 0 Å². The molecule has 4 aliphatic carbocycles. The summed E-state index contributed by atoms with van der Waals surface area (Å²) < 4.78 is 0. The molecule has 3 aromatic rings. The summed E-state index contributed by atoms with van der Waals surface area (Å²) in [4.78, 5) is 4.56. The quantitative estimate of drug-likeness (QED) is 0.710. The zero-order valence-corrected chi connectivity index (χ0v) is 16.0. The zero-order valence-electron chi connectivity index (χ0n) is 15.1. The number of aromatic nitrogens is 6. The third kappa shape index (κ3) is 2.57. The Bertz CT molecular complexity index is 915. The van der Waals surface area contributed by atoms with E-state index in [-0.39, 0.29) is 11.1 Å². The molecule has 4 saturated carbocycles. The average molecular weight is 382 g/mol. The van der Waals surface area contributed by atoms with Crippen LogP contribution in [0.5, 0.6) is 0 Å². The lowest BCUT2D eigenvalue weighted by Crippen LogP contribution is -2.65. The Morgan fingerprint density at radius 2 is 2.07 bits per heavy atom. The molecule has 0 radical (unpaired) electrons. The Balaban J connectivity index is 1.23. The fourth-order valence-corrected chi connectivity index (χ4v) is 7.25. The summed E-state index contributed by atoms with van der Waals surface area (Å²) >= 11 is 1.84. The Labute approximate surface area is 161 Å². The maximum Gasteiger partial charge on any atom is 0.162 e. The molecule has 7 rings (SSSR count). The van der Waals surface area contributed by atoms with Crippen molar-refractivity contribution in [2.75, 3.05) is 0 Å². The predicted octanol–water partition coefficient (Wildman–Crippen LogP) is 2.96. The molecule has 3 aromatic heterocycles. The van der Waals surface area contributed by atoms with Crippen molar-refractivity contribution in [1.82, 2.24) is 35.7 Å². The van der Waals surface area contributed by atoms with Crippen molar-refractivity contribution in [2.45, 2.75) is 56.1 Å².